The fourth-order valence-electron chi connectivity index (χ4n) is 1.68. The fourth-order valence-corrected chi connectivity index (χ4v) is 2.25. The molecule has 0 saturated carbocycles. The fraction of sp³-hybridized carbons (Fsp3) is 0.417. The number of carbonyl (C=O) groups is 1. The zero-order valence-corrected chi connectivity index (χ0v) is 12.0. The van der Waals surface area contributed by atoms with Crippen molar-refractivity contribution in [1.82, 2.24) is 5.32 Å². The number of ketones is 1. The Morgan fingerprint density at radius 3 is 2.41 bits per heavy atom. The Kier molecular flexibility index (Phi) is 4.96. The summed E-state index contributed by atoms with van der Waals surface area (Å²) in [5, 5.41) is 2.84. The zero-order valence-electron chi connectivity index (χ0n) is 10.4. The smallest absolute Gasteiger partial charge is 0.177 e. The van der Waals surface area contributed by atoms with Crippen LogP contribution in [0.2, 0.25) is 0 Å². The Balaban J connectivity index is 3.35. The van der Waals surface area contributed by atoms with Gasteiger partial charge in [-0.25, -0.2) is 0 Å². The number of hydrogen-bond donors (Lipinski definition) is 1. The molecule has 1 N–H and O–H groups in total. The molecule has 0 spiro atoms. The molecule has 1 aromatic carbocycles. The number of likely N-dealkylation sites (N-methyl/N-ethyl adjacent to an activating group) is 1. The number of rotatable bonds is 5. The molecule has 94 valence electrons. The van der Waals surface area contributed by atoms with Crippen LogP contribution < -0.4 is 14.8 Å². The van der Waals surface area contributed by atoms with Crippen molar-refractivity contribution in [3.8, 4) is 11.5 Å². The average Bonchev–Trinajstić information content (AvgIpc) is 2.31. The average molecular weight is 302 g/mol. The first kappa shape index (κ1) is 14.0. The van der Waals surface area contributed by atoms with Crippen LogP contribution in [0.25, 0.3) is 0 Å². The molecule has 0 aromatic heterocycles. The molecule has 0 saturated heterocycles. The standard InChI is InChI=1S/C12H16BrNO3/c1-7-8(10(15)6-14-2)5-9(13)12(17-4)11(7)16-3/h5,14H,6H2,1-4H3. The van der Waals surface area contributed by atoms with Crippen LogP contribution in [-0.4, -0.2) is 33.6 Å². The van der Waals surface area contributed by atoms with Crippen molar-refractivity contribution >= 4 is 21.7 Å². The lowest BCUT2D eigenvalue weighted by atomic mass is 10.0. The first-order valence-electron chi connectivity index (χ1n) is 5.15. The molecule has 0 aliphatic heterocycles. The van der Waals surface area contributed by atoms with E-state index in [1.165, 1.54) is 0 Å². The summed E-state index contributed by atoms with van der Waals surface area (Å²) >= 11 is 3.37. The van der Waals surface area contributed by atoms with Crippen LogP contribution in [-0.2, 0) is 0 Å². The maximum absolute atomic E-state index is 11.9. The van der Waals surface area contributed by atoms with E-state index in [9.17, 15) is 4.79 Å². The third-order valence-electron chi connectivity index (χ3n) is 2.48. The predicted molar refractivity (Wildman–Crippen MR) is 70.2 cm³/mol. The molecule has 5 heteroatoms. The third kappa shape index (κ3) is 2.79. The number of hydrogen-bond acceptors (Lipinski definition) is 4. The van der Waals surface area contributed by atoms with Crippen LogP contribution >= 0.6 is 15.9 Å². The van der Waals surface area contributed by atoms with E-state index in [1.54, 1.807) is 27.3 Å². The number of carbonyl (C=O) groups excluding carboxylic acids is 1. The summed E-state index contributed by atoms with van der Waals surface area (Å²) in [7, 11) is 4.86. The van der Waals surface area contributed by atoms with Gasteiger partial charge in [-0.05, 0) is 36.0 Å². The zero-order chi connectivity index (χ0) is 13.0. The van der Waals surface area contributed by atoms with E-state index in [2.05, 4.69) is 21.2 Å². The van der Waals surface area contributed by atoms with Gasteiger partial charge in [-0.15, -0.1) is 0 Å². The van der Waals surface area contributed by atoms with Crippen molar-refractivity contribution < 1.29 is 14.3 Å². The lowest BCUT2D eigenvalue weighted by Crippen LogP contribution is -2.19. The minimum atomic E-state index is 0.0200. The lowest BCUT2D eigenvalue weighted by molar-refractivity contribution is 0.0992. The number of nitrogens with one attached hydrogen (secondary N) is 1. The van der Waals surface area contributed by atoms with Crippen LogP contribution in [0.3, 0.4) is 0 Å². The minimum absolute atomic E-state index is 0.0200. The maximum atomic E-state index is 11.9. The van der Waals surface area contributed by atoms with Gasteiger partial charge < -0.3 is 14.8 Å². The molecule has 0 atom stereocenters. The number of Topliss-reactive ketones (excluding diaryl/α,β-unsaturated/α-hetero) is 1. The van der Waals surface area contributed by atoms with Crippen LogP contribution in [0.4, 0.5) is 0 Å². The molecular weight excluding hydrogens is 286 g/mol. The highest BCUT2D eigenvalue weighted by Crippen LogP contribution is 2.39. The van der Waals surface area contributed by atoms with Crippen LogP contribution in [0.1, 0.15) is 15.9 Å². The van der Waals surface area contributed by atoms with Gasteiger partial charge in [0, 0.05) is 11.1 Å². The van der Waals surface area contributed by atoms with E-state index in [4.69, 9.17) is 9.47 Å². The minimum Gasteiger partial charge on any atom is -0.493 e. The topological polar surface area (TPSA) is 47.6 Å². The molecule has 0 heterocycles. The SMILES string of the molecule is CNCC(=O)c1cc(Br)c(OC)c(OC)c1C. The highest BCUT2D eigenvalue weighted by atomic mass is 79.9. The summed E-state index contributed by atoms with van der Waals surface area (Å²) in [5.41, 5.74) is 1.41. The summed E-state index contributed by atoms with van der Waals surface area (Å²) in [6.07, 6.45) is 0. The normalized spacial score (nSPS) is 10.2. The maximum Gasteiger partial charge on any atom is 0.177 e. The van der Waals surface area contributed by atoms with Gasteiger partial charge in [0.1, 0.15) is 0 Å². The molecule has 0 unspecified atom stereocenters. The molecule has 0 aliphatic rings. The van der Waals surface area contributed by atoms with Crippen LogP contribution in [0.15, 0.2) is 10.5 Å². The molecule has 0 aliphatic carbocycles. The Morgan fingerprint density at radius 2 is 1.94 bits per heavy atom. The first-order valence-corrected chi connectivity index (χ1v) is 5.95. The predicted octanol–water partition coefficient (Wildman–Crippen LogP) is 2.18. The molecule has 0 fully saturated rings. The molecule has 1 aromatic rings. The second-order valence-electron chi connectivity index (χ2n) is 3.55. The summed E-state index contributed by atoms with van der Waals surface area (Å²) in [6.45, 7) is 2.14. The van der Waals surface area contributed by atoms with Crippen molar-refractivity contribution in [3.63, 3.8) is 0 Å². The summed E-state index contributed by atoms with van der Waals surface area (Å²) in [4.78, 5) is 11.9. The van der Waals surface area contributed by atoms with E-state index in [0.717, 1.165) is 5.56 Å². The molecule has 17 heavy (non-hydrogen) atoms. The molecule has 0 bridgehead atoms. The van der Waals surface area contributed by atoms with E-state index < -0.39 is 0 Å². The van der Waals surface area contributed by atoms with Gasteiger partial charge in [0.05, 0.1) is 25.2 Å². The van der Waals surface area contributed by atoms with Crippen molar-refractivity contribution in [2.75, 3.05) is 27.8 Å². The van der Waals surface area contributed by atoms with Gasteiger partial charge in [0.25, 0.3) is 0 Å². The quantitative estimate of drug-likeness (QED) is 0.847. The van der Waals surface area contributed by atoms with Gasteiger partial charge in [0.15, 0.2) is 17.3 Å². The first-order chi connectivity index (χ1) is 8.06. The van der Waals surface area contributed by atoms with E-state index in [-0.39, 0.29) is 5.78 Å². The van der Waals surface area contributed by atoms with Gasteiger partial charge in [0.2, 0.25) is 0 Å². The monoisotopic (exact) mass is 301 g/mol. The molecule has 1 rings (SSSR count). The van der Waals surface area contributed by atoms with Crippen molar-refractivity contribution in [2.24, 2.45) is 0 Å². The molecule has 0 radical (unpaired) electrons. The number of ether oxygens (including phenoxy) is 2. The lowest BCUT2D eigenvalue weighted by Gasteiger charge is -2.15. The van der Waals surface area contributed by atoms with E-state index in [1.807, 2.05) is 6.92 Å². The Morgan fingerprint density at radius 1 is 1.35 bits per heavy atom. The molecule has 4 nitrogen and oxygen atoms in total. The summed E-state index contributed by atoms with van der Waals surface area (Å²) < 4.78 is 11.2. The number of benzene rings is 1. The summed E-state index contributed by atoms with van der Waals surface area (Å²) in [5.74, 6) is 1.21. The second-order valence-corrected chi connectivity index (χ2v) is 4.41. The molecular formula is C12H16BrNO3. The van der Waals surface area contributed by atoms with Gasteiger partial charge in [-0.2, -0.15) is 0 Å². The Labute approximate surface area is 109 Å². The van der Waals surface area contributed by atoms with Gasteiger partial charge in [-0.3, -0.25) is 4.79 Å². The van der Waals surface area contributed by atoms with Crippen molar-refractivity contribution in [3.05, 3.63) is 21.7 Å². The highest BCUT2D eigenvalue weighted by Gasteiger charge is 2.19. The largest absolute Gasteiger partial charge is 0.493 e. The van der Waals surface area contributed by atoms with Crippen LogP contribution in [0, 0.1) is 6.92 Å². The highest BCUT2D eigenvalue weighted by molar-refractivity contribution is 9.10. The van der Waals surface area contributed by atoms with E-state index >= 15 is 0 Å². The third-order valence-corrected chi connectivity index (χ3v) is 3.07. The Hall–Kier alpha value is -1.07. The van der Waals surface area contributed by atoms with Gasteiger partial charge >= 0.3 is 0 Å². The number of methoxy groups -OCH3 is 2. The van der Waals surface area contributed by atoms with Crippen molar-refractivity contribution in [1.29, 1.82) is 0 Å². The molecule has 0 amide bonds. The second kappa shape index (κ2) is 6.02. The van der Waals surface area contributed by atoms with E-state index in [0.29, 0.717) is 28.1 Å². The summed E-state index contributed by atoms with van der Waals surface area (Å²) in [6, 6.07) is 1.76. The van der Waals surface area contributed by atoms with Crippen LogP contribution in [0.5, 0.6) is 11.5 Å². The van der Waals surface area contributed by atoms with Gasteiger partial charge in [-0.1, -0.05) is 0 Å². The Bertz CT molecular complexity index is 432. The number of halogens is 1. The van der Waals surface area contributed by atoms with Crippen molar-refractivity contribution in [2.45, 2.75) is 6.92 Å².